The largest absolute Gasteiger partial charge is 0.510 e. The van der Waals surface area contributed by atoms with E-state index in [1.54, 1.807) is 0 Å². The molecule has 64 heavy (non-hydrogen) atoms. The van der Waals surface area contributed by atoms with Crippen LogP contribution in [0.5, 0.6) is 11.5 Å². The molecule has 3 aromatic heterocycles. The van der Waals surface area contributed by atoms with Crippen LogP contribution < -0.4 is 9.30 Å². The Bertz CT molecular complexity index is 3410. The molecule has 0 aliphatic heterocycles. The zero-order chi connectivity index (χ0) is 42.4. The van der Waals surface area contributed by atoms with E-state index in [0.29, 0.717) is 17.4 Å². The molecule has 0 saturated heterocycles. The molecule has 312 valence electrons. The maximum Gasteiger partial charge on any atom is 0.268 e. The number of hydrogen-bond donors (Lipinski definition) is 0. The molecule has 0 bridgehead atoms. The number of rotatable bonds is 9. The van der Waals surface area contributed by atoms with Crippen molar-refractivity contribution in [2.45, 2.75) is 26.7 Å². The van der Waals surface area contributed by atoms with Gasteiger partial charge in [0, 0.05) is 44.3 Å². The molecule has 0 radical (unpaired) electrons. The Morgan fingerprint density at radius 1 is 0.562 bits per heavy atom. The molecule has 0 spiro atoms. The van der Waals surface area contributed by atoms with Crippen molar-refractivity contribution in [1.29, 1.82) is 0 Å². The van der Waals surface area contributed by atoms with Crippen LogP contribution in [0.2, 0.25) is 0 Å². The standard InChI is InChI=1S/C58H42N4O.Pt/c1-39(2)44-32-33-59-56(35-44)62-53-31-28-45(41-17-7-4-8-18-41)34-52(53)51-30-29-48(37-55(51)62)63-47-24-14-23-46(36-47)60-38-61(57-40(3)16-13-27-54(57)60)58-49(42-19-9-5-10-20-42)25-15-26-50(58)43-21-11-6-12-22-43;/h4-35,39H,1-3H3;/q-2;. The number of aromatic nitrogens is 4. The van der Waals surface area contributed by atoms with Crippen LogP contribution in [0.15, 0.2) is 194 Å². The molecule has 0 amide bonds. The van der Waals surface area contributed by atoms with Crippen molar-refractivity contribution in [1.82, 2.24) is 14.1 Å². The van der Waals surface area contributed by atoms with E-state index in [4.69, 9.17) is 9.72 Å². The van der Waals surface area contributed by atoms with Crippen LogP contribution in [-0.2, 0) is 21.1 Å². The monoisotopic (exact) mass is 1010 g/mol. The van der Waals surface area contributed by atoms with Crippen LogP contribution in [0.4, 0.5) is 0 Å². The SMILES string of the molecule is Cc1cccc2c1[n+](-c1c(-c3ccccc3)cccc1-c1ccccc1)[c-]n2-c1[c-]c(Oc2[c-]c3c(cc2)c2cc(-c4ccccc4)ccc2n3-c2cc(C(C)C)ccn2)ccc1.[Pt]. The number of ether oxygens (including phenoxy) is 1. The van der Waals surface area contributed by atoms with Gasteiger partial charge < -0.3 is 13.9 Å². The Morgan fingerprint density at radius 2 is 1.22 bits per heavy atom. The van der Waals surface area contributed by atoms with E-state index in [0.717, 1.165) is 83.4 Å². The number of para-hydroxylation sites is 2. The fourth-order valence-electron chi connectivity index (χ4n) is 8.84. The summed E-state index contributed by atoms with van der Waals surface area (Å²) in [6, 6.07) is 73.0. The first-order valence-electron chi connectivity index (χ1n) is 21.4. The number of aryl methyl sites for hydroxylation is 1. The molecule has 0 N–H and O–H groups in total. The second-order valence-corrected chi connectivity index (χ2v) is 16.3. The van der Waals surface area contributed by atoms with Crippen molar-refractivity contribution in [2.24, 2.45) is 0 Å². The number of imidazole rings is 1. The second kappa shape index (κ2) is 17.1. The normalized spacial score (nSPS) is 11.4. The third-order valence-corrected chi connectivity index (χ3v) is 11.9. The molecule has 0 aliphatic carbocycles. The Kier molecular flexibility index (Phi) is 10.9. The van der Waals surface area contributed by atoms with Crippen LogP contribution >= 0.6 is 0 Å². The molecule has 3 heterocycles. The quantitative estimate of drug-likeness (QED) is 0.107. The van der Waals surface area contributed by atoms with Crippen molar-refractivity contribution in [3.8, 4) is 62.1 Å². The van der Waals surface area contributed by atoms with Gasteiger partial charge in [0.15, 0.2) is 0 Å². The maximum absolute atomic E-state index is 6.69. The van der Waals surface area contributed by atoms with Crippen LogP contribution in [0.25, 0.3) is 83.4 Å². The molecule has 0 unspecified atom stereocenters. The number of pyridine rings is 1. The third kappa shape index (κ3) is 7.32. The number of nitrogens with zero attached hydrogens (tertiary/aromatic N) is 4. The summed E-state index contributed by atoms with van der Waals surface area (Å²) in [5.74, 6) is 2.35. The minimum Gasteiger partial charge on any atom is -0.510 e. The molecule has 5 nitrogen and oxygen atoms in total. The molecule has 0 saturated carbocycles. The minimum atomic E-state index is 0. The summed E-state index contributed by atoms with van der Waals surface area (Å²) in [5.41, 5.74) is 15.1. The summed E-state index contributed by atoms with van der Waals surface area (Å²) in [7, 11) is 0. The fourth-order valence-corrected chi connectivity index (χ4v) is 8.84. The van der Waals surface area contributed by atoms with Gasteiger partial charge >= 0.3 is 0 Å². The summed E-state index contributed by atoms with van der Waals surface area (Å²) < 4.78 is 13.2. The van der Waals surface area contributed by atoms with Gasteiger partial charge in [-0.3, -0.25) is 4.57 Å². The average Bonchev–Trinajstić information content (AvgIpc) is 3.88. The molecule has 0 fully saturated rings. The van der Waals surface area contributed by atoms with Gasteiger partial charge in [-0.1, -0.05) is 159 Å². The third-order valence-electron chi connectivity index (χ3n) is 11.9. The van der Waals surface area contributed by atoms with Crippen molar-refractivity contribution in [3.05, 3.63) is 224 Å². The van der Waals surface area contributed by atoms with E-state index in [9.17, 15) is 0 Å². The van der Waals surface area contributed by atoms with Crippen LogP contribution in [0.1, 0.15) is 30.9 Å². The molecule has 11 aromatic rings. The summed E-state index contributed by atoms with van der Waals surface area (Å²) in [4.78, 5) is 4.89. The van der Waals surface area contributed by atoms with Gasteiger partial charge in [0.2, 0.25) is 0 Å². The van der Waals surface area contributed by atoms with E-state index < -0.39 is 0 Å². The zero-order valence-corrected chi connectivity index (χ0v) is 37.8. The molecular formula is C58H42N4OPt-2. The minimum absolute atomic E-state index is 0. The fraction of sp³-hybridized carbons (Fsp3) is 0.0690. The predicted molar refractivity (Wildman–Crippen MR) is 255 cm³/mol. The molecule has 8 aromatic carbocycles. The zero-order valence-electron chi connectivity index (χ0n) is 35.6. The van der Waals surface area contributed by atoms with Crippen molar-refractivity contribution in [3.63, 3.8) is 0 Å². The van der Waals surface area contributed by atoms with E-state index in [2.05, 4.69) is 223 Å². The van der Waals surface area contributed by atoms with E-state index in [1.807, 2.05) is 24.4 Å². The summed E-state index contributed by atoms with van der Waals surface area (Å²) >= 11 is 0. The van der Waals surface area contributed by atoms with Crippen LogP contribution in [0.3, 0.4) is 0 Å². The molecule has 11 rings (SSSR count). The van der Waals surface area contributed by atoms with Gasteiger partial charge in [0.1, 0.15) is 5.82 Å². The van der Waals surface area contributed by atoms with Crippen molar-refractivity contribution in [2.75, 3.05) is 0 Å². The molecule has 0 aliphatic rings. The Hall–Kier alpha value is -7.33. The van der Waals surface area contributed by atoms with Crippen molar-refractivity contribution >= 4 is 32.8 Å². The van der Waals surface area contributed by atoms with E-state index in [1.165, 1.54) is 11.1 Å². The number of fused-ring (bicyclic) bond motifs is 4. The maximum atomic E-state index is 6.69. The topological polar surface area (TPSA) is 35.9 Å². The Balaban J connectivity index is 0.00000484. The van der Waals surface area contributed by atoms with Crippen LogP contribution in [0, 0.1) is 25.4 Å². The van der Waals surface area contributed by atoms with Crippen molar-refractivity contribution < 1.29 is 30.4 Å². The first-order valence-corrected chi connectivity index (χ1v) is 21.4. The van der Waals surface area contributed by atoms with Crippen LogP contribution in [-0.4, -0.2) is 14.1 Å². The van der Waals surface area contributed by atoms with Gasteiger partial charge in [-0.25, -0.2) is 4.98 Å². The van der Waals surface area contributed by atoms with Gasteiger partial charge in [-0.05, 0) is 86.6 Å². The van der Waals surface area contributed by atoms with Gasteiger partial charge in [0.25, 0.3) is 6.33 Å². The number of hydrogen-bond acceptors (Lipinski definition) is 2. The smallest absolute Gasteiger partial charge is 0.268 e. The molecule has 0 atom stereocenters. The molecule has 6 heteroatoms. The Labute approximate surface area is 387 Å². The molecular weight excluding hydrogens is 964 g/mol. The van der Waals surface area contributed by atoms with Gasteiger partial charge in [0.05, 0.1) is 16.7 Å². The summed E-state index contributed by atoms with van der Waals surface area (Å²) in [5, 5.41) is 2.20. The first kappa shape index (κ1) is 40.7. The second-order valence-electron chi connectivity index (χ2n) is 16.3. The predicted octanol–water partition coefficient (Wildman–Crippen LogP) is 14.0. The Morgan fingerprint density at radius 3 is 1.92 bits per heavy atom. The number of benzene rings is 8. The summed E-state index contributed by atoms with van der Waals surface area (Å²) in [6.45, 7) is 6.58. The van der Waals surface area contributed by atoms with E-state index in [-0.39, 0.29) is 21.1 Å². The summed E-state index contributed by atoms with van der Waals surface area (Å²) in [6.07, 6.45) is 5.70. The van der Waals surface area contributed by atoms with Gasteiger partial charge in [-0.15, -0.1) is 29.7 Å². The first-order chi connectivity index (χ1) is 31.0. The average molecular weight is 1010 g/mol. The van der Waals surface area contributed by atoms with E-state index >= 15 is 0 Å². The van der Waals surface area contributed by atoms with Gasteiger partial charge in [-0.2, -0.15) is 18.2 Å².